The summed E-state index contributed by atoms with van der Waals surface area (Å²) in [4.78, 5) is 30.4. The molecule has 5 nitrogen and oxygen atoms in total. The summed E-state index contributed by atoms with van der Waals surface area (Å²) in [6.45, 7) is 0.567. The molecule has 2 aromatic carbocycles. The van der Waals surface area contributed by atoms with Crippen LogP contribution in [-0.2, 0) is 16.0 Å². The van der Waals surface area contributed by atoms with Crippen molar-refractivity contribution in [2.24, 2.45) is 10.7 Å². The van der Waals surface area contributed by atoms with E-state index in [1.54, 1.807) is 4.90 Å². The molecule has 1 aliphatic heterocycles. The van der Waals surface area contributed by atoms with Crippen molar-refractivity contribution in [2.75, 3.05) is 6.54 Å². The molecular formula is C20H21N3O2S. The van der Waals surface area contributed by atoms with Gasteiger partial charge in [0.15, 0.2) is 5.17 Å². The molecule has 2 amide bonds. The summed E-state index contributed by atoms with van der Waals surface area (Å²) in [5.74, 6) is -0.580. The fourth-order valence-electron chi connectivity index (χ4n) is 2.77. The minimum Gasteiger partial charge on any atom is -0.369 e. The van der Waals surface area contributed by atoms with E-state index >= 15 is 0 Å². The van der Waals surface area contributed by atoms with E-state index in [2.05, 4.69) is 17.1 Å². The standard InChI is InChI=1S/C20H21N3O2S/c21-19(25)17-14-18(24)23(13-7-10-15-8-3-1-4-9-15)20(26-17)22-16-11-5-2-6-12-16/h1-6,8-9,11-12,17H,7,10,13-14H2,(H2,21,25). The second-order valence-electron chi connectivity index (χ2n) is 6.08. The van der Waals surface area contributed by atoms with E-state index in [1.165, 1.54) is 17.3 Å². The maximum absolute atomic E-state index is 12.6. The Labute approximate surface area is 157 Å². The van der Waals surface area contributed by atoms with Crippen LogP contribution in [0.2, 0.25) is 0 Å². The van der Waals surface area contributed by atoms with Crippen LogP contribution >= 0.6 is 11.8 Å². The number of nitrogens with zero attached hydrogens (tertiary/aromatic N) is 2. The van der Waals surface area contributed by atoms with Gasteiger partial charge in [0.2, 0.25) is 11.8 Å². The Hall–Kier alpha value is -2.60. The average Bonchev–Trinajstić information content (AvgIpc) is 2.65. The number of primary amides is 1. The lowest BCUT2D eigenvalue weighted by Gasteiger charge is -2.31. The van der Waals surface area contributed by atoms with Crippen molar-refractivity contribution in [1.29, 1.82) is 0 Å². The van der Waals surface area contributed by atoms with Crippen LogP contribution in [0.3, 0.4) is 0 Å². The van der Waals surface area contributed by atoms with Gasteiger partial charge < -0.3 is 5.73 Å². The molecule has 2 N–H and O–H groups in total. The second kappa shape index (κ2) is 8.67. The zero-order valence-electron chi connectivity index (χ0n) is 14.4. The lowest BCUT2D eigenvalue weighted by Crippen LogP contribution is -2.46. The highest BCUT2D eigenvalue weighted by molar-refractivity contribution is 8.15. The number of nitrogens with two attached hydrogens (primary N) is 1. The third kappa shape index (κ3) is 4.73. The molecule has 1 fully saturated rings. The Morgan fingerprint density at radius 3 is 2.42 bits per heavy atom. The van der Waals surface area contributed by atoms with Gasteiger partial charge in [0, 0.05) is 13.0 Å². The minimum absolute atomic E-state index is 0.102. The number of carbonyl (C=O) groups excluding carboxylic acids is 2. The smallest absolute Gasteiger partial charge is 0.231 e. The number of thioether (sulfide) groups is 1. The van der Waals surface area contributed by atoms with Gasteiger partial charge in [0.05, 0.1) is 10.9 Å². The van der Waals surface area contributed by atoms with Gasteiger partial charge in [-0.2, -0.15) is 0 Å². The van der Waals surface area contributed by atoms with Crippen LogP contribution < -0.4 is 5.73 Å². The summed E-state index contributed by atoms with van der Waals surface area (Å²) < 4.78 is 0. The quantitative estimate of drug-likeness (QED) is 0.852. The largest absolute Gasteiger partial charge is 0.369 e. The van der Waals surface area contributed by atoms with Crippen LogP contribution in [0.5, 0.6) is 0 Å². The van der Waals surface area contributed by atoms with Crippen LogP contribution in [0.25, 0.3) is 0 Å². The van der Waals surface area contributed by atoms with Crippen molar-refractivity contribution >= 4 is 34.4 Å². The van der Waals surface area contributed by atoms with Crippen molar-refractivity contribution in [3.8, 4) is 0 Å². The molecule has 3 rings (SSSR count). The number of aliphatic imine (C=N–C) groups is 1. The third-order valence-corrected chi connectivity index (χ3v) is 5.33. The Bertz CT molecular complexity index is 793. The zero-order valence-corrected chi connectivity index (χ0v) is 15.2. The van der Waals surface area contributed by atoms with E-state index in [1.807, 2.05) is 48.5 Å². The molecule has 0 aliphatic carbocycles. The highest BCUT2D eigenvalue weighted by Gasteiger charge is 2.34. The van der Waals surface area contributed by atoms with Crippen molar-refractivity contribution in [2.45, 2.75) is 24.5 Å². The monoisotopic (exact) mass is 367 g/mol. The molecule has 134 valence electrons. The minimum atomic E-state index is -0.560. The number of hydrogen-bond donors (Lipinski definition) is 1. The highest BCUT2D eigenvalue weighted by Crippen LogP contribution is 2.29. The van der Waals surface area contributed by atoms with Crippen LogP contribution in [-0.4, -0.2) is 33.7 Å². The molecule has 1 unspecified atom stereocenters. The molecule has 1 aliphatic rings. The Kier molecular flexibility index (Phi) is 6.07. The normalized spacial score (nSPS) is 18.9. The number of benzene rings is 2. The van der Waals surface area contributed by atoms with Gasteiger partial charge in [-0.25, -0.2) is 4.99 Å². The average molecular weight is 367 g/mol. The van der Waals surface area contributed by atoms with Crippen LogP contribution in [0.1, 0.15) is 18.4 Å². The van der Waals surface area contributed by atoms with E-state index in [0.717, 1.165) is 18.5 Å². The summed E-state index contributed by atoms with van der Waals surface area (Å²) in [7, 11) is 0. The van der Waals surface area contributed by atoms with Gasteiger partial charge in [-0.1, -0.05) is 60.3 Å². The second-order valence-corrected chi connectivity index (χ2v) is 7.25. The maximum Gasteiger partial charge on any atom is 0.231 e. The van der Waals surface area contributed by atoms with E-state index in [4.69, 9.17) is 5.73 Å². The Balaban J connectivity index is 1.74. The van der Waals surface area contributed by atoms with Gasteiger partial charge >= 0.3 is 0 Å². The molecule has 6 heteroatoms. The predicted molar refractivity (Wildman–Crippen MR) is 105 cm³/mol. The molecule has 1 heterocycles. The molecule has 0 spiro atoms. The van der Waals surface area contributed by atoms with Crippen molar-refractivity contribution in [3.63, 3.8) is 0 Å². The predicted octanol–water partition coefficient (Wildman–Crippen LogP) is 3.13. The Morgan fingerprint density at radius 1 is 1.12 bits per heavy atom. The molecule has 0 aromatic heterocycles. The SMILES string of the molecule is NC(=O)C1CC(=O)N(CCCc2ccccc2)C(=Nc2ccccc2)S1. The van der Waals surface area contributed by atoms with E-state index < -0.39 is 11.2 Å². The molecule has 0 bridgehead atoms. The Morgan fingerprint density at radius 2 is 1.77 bits per heavy atom. The van der Waals surface area contributed by atoms with E-state index in [-0.39, 0.29) is 12.3 Å². The van der Waals surface area contributed by atoms with Gasteiger partial charge in [-0.3, -0.25) is 14.5 Å². The maximum atomic E-state index is 12.6. The molecule has 0 radical (unpaired) electrons. The molecule has 1 saturated heterocycles. The number of rotatable bonds is 6. The number of carbonyl (C=O) groups is 2. The van der Waals surface area contributed by atoms with Crippen LogP contribution in [0.15, 0.2) is 65.7 Å². The first-order valence-corrected chi connectivity index (χ1v) is 9.45. The van der Waals surface area contributed by atoms with Gasteiger partial charge in [0.1, 0.15) is 0 Å². The zero-order chi connectivity index (χ0) is 18.4. The van der Waals surface area contributed by atoms with Crippen LogP contribution in [0, 0.1) is 0 Å². The first kappa shape index (κ1) is 18.2. The fraction of sp³-hybridized carbons (Fsp3) is 0.250. The number of amides is 2. The summed E-state index contributed by atoms with van der Waals surface area (Å²) in [5.41, 5.74) is 7.41. The van der Waals surface area contributed by atoms with E-state index in [9.17, 15) is 9.59 Å². The van der Waals surface area contributed by atoms with Crippen molar-refractivity contribution in [3.05, 3.63) is 66.2 Å². The topological polar surface area (TPSA) is 75.8 Å². The van der Waals surface area contributed by atoms with Gasteiger partial charge in [-0.15, -0.1) is 0 Å². The molecule has 0 saturated carbocycles. The highest BCUT2D eigenvalue weighted by atomic mass is 32.2. The molecular weight excluding hydrogens is 346 g/mol. The number of aryl methyl sites for hydroxylation is 1. The summed E-state index contributed by atoms with van der Waals surface area (Å²) in [5, 5.41) is -0.0142. The summed E-state index contributed by atoms with van der Waals surface area (Å²) in [6, 6.07) is 19.6. The number of amidine groups is 1. The van der Waals surface area contributed by atoms with Crippen molar-refractivity contribution in [1.82, 2.24) is 4.90 Å². The third-order valence-electron chi connectivity index (χ3n) is 4.13. The summed E-state index contributed by atoms with van der Waals surface area (Å²) in [6.07, 6.45) is 1.83. The van der Waals surface area contributed by atoms with Gasteiger partial charge in [0.25, 0.3) is 0 Å². The molecule has 1 atom stereocenters. The fourth-order valence-corrected chi connectivity index (χ4v) is 3.85. The van der Waals surface area contributed by atoms with Gasteiger partial charge in [-0.05, 0) is 30.5 Å². The molecule has 2 aromatic rings. The van der Waals surface area contributed by atoms with E-state index in [0.29, 0.717) is 11.7 Å². The van der Waals surface area contributed by atoms with Crippen molar-refractivity contribution < 1.29 is 9.59 Å². The number of hydrogen-bond acceptors (Lipinski definition) is 4. The number of para-hydroxylation sites is 1. The lowest BCUT2D eigenvalue weighted by molar-refractivity contribution is -0.129. The summed E-state index contributed by atoms with van der Waals surface area (Å²) >= 11 is 1.27. The first-order chi connectivity index (χ1) is 12.6. The van der Waals surface area contributed by atoms with Crippen LogP contribution in [0.4, 0.5) is 5.69 Å². The molecule has 26 heavy (non-hydrogen) atoms. The lowest BCUT2D eigenvalue weighted by atomic mass is 10.1. The first-order valence-electron chi connectivity index (χ1n) is 8.57.